The van der Waals surface area contributed by atoms with Gasteiger partial charge in [0.1, 0.15) is 5.52 Å². The second kappa shape index (κ2) is 10.8. The van der Waals surface area contributed by atoms with Crippen molar-refractivity contribution < 1.29 is 22.0 Å². The molecule has 1 saturated carbocycles. The molecular weight excluding hydrogens is 554 g/mol. The molecule has 0 unspecified atom stereocenters. The van der Waals surface area contributed by atoms with Gasteiger partial charge in [-0.2, -0.15) is 4.98 Å². The van der Waals surface area contributed by atoms with Crippen molar-refractivity contribution in [1.82, 2.24) is 23.8 Å². The summed E-state index contributed by atoms with van der Waals surface area (Å²) in [6, 6.07) is 2.43. The number of hydrogen-bond donors (Lipinski definition) is 3. The monoisotopic (exact) mass is 582 g/mol. The molecule has 0 bridgehead atoms. The van der Waals surface area contributed by atoms with Gasteiger partial charge in [-0.3, -0.25) is 9.36 Å². The summed E-state index contributed by atoms with van der Waals surface area (Å²) >= 11 is 5.71. The third kappa shape index (κ3) is 5.77. The van der Waals surface area contributed by atoms with Crippen LogP contribution in [0.5, 0.6) is 0 Å². The fraction of sp³-hybridized carbons (Fsp3) is 0.500. The molecule has 4 N–H and O–H groups in total. The van der Waals surface area contributed by atoms with Crippen molar-refractivity contribution in [3.05, 3.63) is 35.0 Å². The van der Waals surface area contributed by atoms with Crippen LogP contribution in [0.2, 0.25) is 5.02 Å². The average Bonchev–Trinajstić information content (AvgIpc) is 3.26. The molecule has 39 heavy (non-hydrogen) atoms. The lowest BCUT2D eigenvalue weighted by Gasteiger charge is -2.30. The number of amides is 1. The lowest BCUT2D eigenvalue weighted by atomic mass is 9.85. The molecule has 15 heteroatoms. The Hall–Kier alpha value is -3.10. The lowest BCUT2D eigenvalue weighted by molar-refractivity contribution is -0.122. The maximum absolute atomic E-state index is 14.7. The summed E-state index contributed by atoms with van der Waals surface area (Å²) in [7, 11) is -3.24. The highest BCUT2D eigenvalue weighted by Gasteiger charge is 2.30. The molecule has 3 heterocycles. The fourth-order valence-corrected chi connectivity index (χ4v) is 6.29. The molecule has 2 fully saturated rings. The van der Waals surface area contributed by atoms with E-state index in [1.54, 1.807) is 6.20 Å². The Kier molecular flexibility index (Phi) is 7.62. The smallest absolute Gasteiger partial charge is 0.224 e. The summed E-state index contributed by atoms with van der Waals surface area (Å²) in [4.78, 5) is 25.4. The largest absolute Gasteiger partial charge is 0.369 e. The zero-order chi connectivity index (χ0) is 27.9. The summed E-state index contributed by atoms with van der Waals surface area (Å²) in [6.45, 7) is 0.800. The number of carbonyl (C=O) groups excluding carboxylic acids is 1. The second-order valence-corrected chi connectivity index (χ2v) is 12.4. The van der Waals surface area contributed by atoms with Crippen molar-refractivity contribution in [3.8, 4) is 0 Å². The number of rotatable bonds is 7. The minimum absolute atomic E-state index is 0.0217. The first kappa shape index (κ1) is 27.5. The van der Waals surface area contributed by atoms with Crippen LogP contribution in [0, 0.1) is 17.6 Å². The van der Waals surface area contributed by atoms with Crippen LogP contribution >= 0.6 is 11.6 Å². The average molecular weight is 583 g/mol. The number of imidazole rings is 1. The molecule has 1 saturated heterocycles. The van der Waals surface area contributed by atoms with Gasteiger partial charge in [0, 0.05) is 31.1 Å². The van der Waals surface area contributed by atoms with Crippen LogP contribution in [0.4, 0.5) is 26.4 Å². The summed E-state index contributed by atoms with van der Waals surface area (Å²) in [5.41, 5.74) is 6.31. The topological polar surface area (TPSA) is 148 Å². The number of carbonyl (C=O) groups is 1. The van der Waals surface area contributed by atoms with Crippen LogP contribution in [0.25, 0.3) is 11.2 Å². The van der Waals surface area contributed by atoms with Crippen molar-refractivity contribution in [2.75, 3.05) is 30.0 Å². The van der Waals surface area contributed by atoms with Crippen molar-refractivity contribution in [2.24, 2.45) is 11.7 Å². The van der Waals surface area contributed by atoms with Crippen LogP contribution in [0.1, 0.15) is 44.6 Å². The van der Waals surface area contributed by atoms with E-state index < -0.39 is 21.7 Å². The Labute approximate surface area is 229 Å². The van der Waals surface area contributed by atoms with Gasteiger partial charge in [-0.1, -0.05) is 11.6 Å². The van der Waals surface area contributed by atoms with E-state index in [1.165, 1.54) is 22.7 Å². The van der Waals surface area contributed by atoms with E-state index in [1.807, 2.05) is 4.57 Å². The first-order chi connectivity index (χ1) is 18.5. The lowest BCUT2D eigenvalue weighted by Crippen LogP contribution is -2.42. The number of halogens is 3. The highest BCUT2D eigenvalue weighted by molar-refractivity contribution is 7.88. The number of nitrogens with zero attached hydrogens (tertiary/aromatic N) is 5. The summed E-state index contributed by atoms with van der Waals surface area (Å²) in [5.74, 6) is -2.26. The Morgan fingerprint density at radius 3 is 2.41 bits per heavy atom. The predicted octanol–water partition coefficient (Wildman–Crippen LogP) is 3.55. The Morgan fingerprint density at radius 1 is 1.08 bits per heavy atom. The SMILES string of the molecule is CS(=O)(=O)N1CCC(Nc2ncc3nc(Nc4ccc(Cl)c(F)c4F)n([C@H]4CC[C@H](C(N)=O)CC4)c3n2)CC1. The van der Waals surface area contributed by atoms with Gasteiger partial charge in [0.05, 0.1) is 23.2 Å². The van der Waals surface area contributed by atoms with Gasteiger partial charge in [0.2, 0.25) is 27.8 Å². The van der Waals surface area contributed by atoms with Crippen molar-refractivity contribution in [1.29, 1.82) is 0 Å². The molecule has 1 aliphatic heterocycles. The highest BCUT2D eigenvalue weighted by atomic mass is 35.5. The molecule has 0 atom stereocenters. The van der Waals surface area contributed by atoms with E-state index in [0.717, 1.165) is 0 Å². The molecule has 2 aliphatic rings. The van der Waals surface area contributed by atoms with E-state index in [0.29, 0.717) is 68.7 Å². The van der Waals surface area contributed by atoms with Crippen molar-refractivity contribution >= 4 is 56.3 Å². The molecular formula is C24H29ClF2N8O3S. The number of aromatic nitrogens is 4. The number of fused-ring (bicyclic) bond motifs is 1. The second-order valence-electron chi connectivity index (χ2n) is 10.0. The molecule has 1 aliphatic carbocycles. The maximum Gasteiger partial charge on any atom is 0.224 e. The van der Waals surface area contributed by atoms with Crippen LogP contribution in [0.3, 0.4) is 0 Å². The first-order valence-electron chi connectivity index (χ1n) is 12.7. The standard InChI is InChI=1S/C24H29ClF2N8O3S/c1-39(37,38)34-10-8-14(9-11-34)30-23-29-12-18-22(33-23)35(15-4-2-13(3-5-15)21(28)36)24(32-18)31-17-7-6-16(25)19(26)20(17)27/h6-7,12-15H,2-5,8-11H2,1H3,(H2,28,36)(H,31,32)(H,29,30,33)/t13-,15-. The van der Waals surface area contributed by atoms with Gasteiger partial charge in [-0.05, 0) is 50.7 Å². The number of primary amides is 1. The zero-order valence-corrected chi connectivity index (χ0v) is 22.8. The van der Waals surface area contributed by atoms with Crippen LogP contribution in [0.15, 0.2) is 18.3 Å². The minimum Gasteiger partial charge on any atom is -0.369 e. The van der Waals surface area contributed by atoms with Crippen molar-refractivity contribution in [3.63, 3.8) is 0 Å². The fourth-order valence-electron chi connectivity index (χ4n) is 5.27. The number of nitrogens with two attached hydrogens (primary N) is 1. The highest BCUT2D eigenvalue weighted by Crippen LogP contribution is 2.37. The van der Waals surface area contributed by atoms with Gasteiger partial charge in [-0.15, -0.1) is 0 Å². The summed E-state index contributed by atoms with van der Waals surface area (Å²) in [6.07, 6.45) is 6.33. The molecule has 0 radical (unpaired) electrons. The van der Waals surface area contributed by atoms with Gasteiger partial charge < -0.3 is 16.4 Å². The van der Waals surface area contributed by atoms with Crippen LogP contribution < -0.4 is 16.4 Å². The summed E-state index contributed by atoms with van der Waals surface area (Å²) < 4.78 is 55.7. The normalized spacial score (nSPS) is 21.2. The number of hydrogen-bond acceptors (Lipinski definition) is 8. The number of piperidine rings is 1. The van der Waals surface area contributed by atoms with Gasteiger partial charge in [0.25, 0.3) is 0 Å². The van der Waals surface area contributed by atoms with Gasteiger partial charge >= 0.3 is 0 Å². The molecule has 5 rings (SSSR count). The van der Waals surface area contributed by atoms with Crippen LogP contribution in [-0.2, 0) is 14.8 Å². The first-order valence-corrected chi connectivity index (χ1v) is 14.9. The minimum atomic E-state index is -3.24. The van der Waals surface area contributed by atoms with Gasteiger partial charge in [0.15, 0.2) is 17.3 Å². The van der Waals surface area contributed by atoms with E-state index in [-0.39, 0.29) is 40.6 Å². The number of anilines is 3. The summed E-state index contributed by atoms with van der Waals surface area (Å²) in [5, 5.41) is 5.84. The van der Waals surface area contributed by atoms with E-state index in [9.17, 15) is 22.0 Å². The quantitative estimate of drug-likeness (QED) is 0.358. The third-order valence-electron chi connectivity index (χ3n) is 7.43. The van der Waals surface area contributed by atoms with Crippen LogP contribution in [-0.4, -0.2) is 63.5 Å². The van der Waals surface area contributed by atoms with E-state index in [2.05, 4.69) is 20.6 Å². The molecule has 0 spiro atoms. The number of benzene rings is 1. The van der Waals surface area contributed by atoms with E-state index in [4.69, 9.17) is 22.3 Å². The number of sulfonamides is 1. The van der Waals surface area contributed by atoms with Gasteiger partial charge in [-0.25, -0.2) is 31.5 Å². The molecule has 11 nitrogen and oxygen atoms in total. The molecule has 1 amide bonds. The Bertz CT molecular complexity index is 1500. The molecule has 3 aromatic rings. The van der Waals surface area contributed by atoms with E-state index >= 15 is 0 Å². The molecule has 2 aromatic heterocycles. The van der Waals surface area contributed by atoms with Crippen molar-refractivity contribution in [2.45, 2.75) is 50.6 Å². The zero-order valence-electron chi connectivity index (χ0n) is 21.2. The Balaban J connectivity index is 1.45. The Morgan fingerprint density at radius 2 is 1.77 bits per heavy atom. The third-order valence-corrected chi connectivity index (χ3v) is 9.03. The number of nitrogens with one attached hydrogen (secondary N) is 2. The molecule has 210 valence electrons. The molecule has 1 aromatic carbocycles. The maximum atomic E-state index is 14.7. The predicted molar refractivity (Wildman–Crippen MR) is 143 cm³/mol.